The standard InChI is InChI=1S/C19H21N3O6S/c1-27-16-6-3-12(9-17(16)28-2)7-8-20-29(25,26)13-4-5-14-15(10-13)22-19(24)11-18(23)21-14/h3-6,9-10,20H,7-8,11H2,1-2H3,(H,21,23)(H,22,24). The normalized spacial score (nSPS) is 13.7. The summed E-state index contributed by atoms with van der Waals surface area (Å²) >= 11 is 0. The van der Waals surface area contributed by atoms with Crippen LogP contribution in [-0.2, 0) is 26.0 Å². The topological polar surface area (TPSA) is 123 Å². The molecule has 3 N–H and O–H groups in total. The van der Waals surface area contributed by atoms with Crippen LogP contribution in [0.25, 0.3) is 0 Å². The summed E-state index contributed by atoms with van der Waals surface area (Å²) in [4.78, 5) is 23.3. The van der Waals surface area contributed by atoms with Crippen molar-refractivity contribution >= 4 is 33.2 Å². The molecule has 0 atom stereocenters. The zero-order valence-electron chi connectivity index (χ0n) is 15.9. The number of methoxy groups -OCH3 is 2. The van der Waals surface area contributed by atoms with Crippen LogP contribution in [0.2, 0.25) is 0 Å². The minimum atomic E-state index is -3.81. The van der Waals surface area contributed by atoms with E-state index in [1.54, 1.807) is 19.2 Å². The fraction of sp³-hybridized carbons (Fsp3) is 0.263. The number of carbonyl (C=O) groups excluding carboxylic acids is 2. The Morgan fingerprint density at radius 2 is 1.62 bits per heavy atom. The van der Waals surface area contributed by atoms with Gasteiger partial charge in [-0.05, 0) is 42.3 Å². The Hall–Kier alpha value is -3.11. The number of nitrogens with one attached hydrogen (secondary N) is 3. The molecule has 0 saturated carbocycles. The van der Waals surface area contributed by atoms with Gasteiger partial charge in [0.05, 0.1) is 30.5 Å². The molecule has 3 rings (SSSR count). The predicted molar refractivity (Wildman–Crippen MR) is 107 cm³/mol. The molecule has 0 radical (unpaired) electrons. The number of anilines is 2. The van der Waals surface area contributed by atoms with Gasteiger partial charge < -0.3 is 20.1 Å². The lowest BCUT2D eigenvalue weighted by molar-refractivity contribution is -0.123. The summed E-state index contributed by atoms with van der Waals surface area (Å²) in [5.74, 6) is 0.203. The molecule has 0 bridgehead atoms. The van der Waals surface area contributed by atoms with Crippen LogP contribution in [0, 0.1) is 0 Å². The average molecular weight is 419 g/mol. The van der Waals surface area contributed by atoms with Crippen LogP contribution in [0.1, 0.15) is 12.0 Å². The van der Waals surface area contributed by atoms with Crippen molar-refractivity contribution in [2.75, 3.05) is 31.4 Å². The Morgan fingerprint density at radius 3 is 2.31 bits per heavy atom. The van der Waals surface area contributed by atoms with Crippen molar-refractivity contribution in [3.05, 3.63) is 42.0 Å². The second-order valence-electron chi connectivity index (χ2n) is 6.32. The number of ether oxygens (including phenoxy) is 2. The number of hydrogen-bond acceptors (Lipinski definition) is 6. The predicted octanol–water partition coefficient (Wildman–Crippen LogP) is 1.51. The summed E-state index contributed by atoms with van der Waals surface area (Å²) in [6.07, 6.45) is 0.123. The number of fused-ring (bicyclic) bond motifs is 1. The lowest BCUT2D eigenvalue weighted by atomic mass is 10.1. The van der Waals surface area contributed by atoms with E-state index in [9.17, 15) is 18.0 Å². The highest BCUT2D eigenvalue weighted by Gasteiger charge is 2.21. The molecule has 1 aliphatic heterocycles. The highest BCUT2D eigenvalue weighted by atomic mass is 32.2. The van der Waals surface area contributed by atoms with E-state index in [1.165, 1.54) is 25.3 Å². The van der Waals surface area contributed by atoms with Crippen molar-refractivity contribution in [2.24, 2.45) is 0 Å². The first kappa shape index (κ1) is 20.6. The summed E-state index contributed by atoms with van der Waals surface area (Å²) in [5, 5.41) is 5.09. The van der Waals surface area contributed by atoms with Crippen LogP contribution in [0.4, 0.5) is 11.4 Å². The van der Waals surface area contributed by atoms with Crippen molar-refractivity contribution < 1.29 is 27.5 Å². The second kappa shape index (κ2) is 8.50. The molecule has 2 amide bonds. The van der Waals surface area contributed by atoms with Gasteiger partial charge in [-0.2, -0.15) is 0 Å². The first-order valence-electron chi connectivity index (χ1n) is 8.76. The summed E-state index contributed by atoms with van der Waals surface area (Å²) in [5.41, 5.74) is 1.47. The zero-order chi connectivity index (χ0) is 21.0. The SMILES string of the molecule is COc1ccc(CCNS(=O)(=O)c2ccc3c(c2)NC(=O)CC(=O)N3)cc1OC. The average Bonchev–Trinajstić information content (AvgIpc) is 2.83. The Balaban J connectivity index is 1.70. The molecule has 0 saturated heterocycles. The fourth-order valence-corrected chi connectivity index (χ4v) is 3.94. The maximum Gasteiger partial charge on any atom is 0.240 e. The number of rotatable bonds is 7. The van der Waals surface area contributed by atoms with Gasteiger partial charge in [0.1, 0.15) is 6.42 Å². The van der Waals surface area contributed by atoms with Crippen LogP contribution >= 0.6 is 0 Å². The Morgan fingerprint density at radius 1 is 0.931 bits per heavy atom. The van der Waals surface area contributed by atoms with Gasteiger partial charge >= 0.3 is 0 Å². The maximum absolute atomic E-state index is 12.6. The van der Waals surface area contributed by atoms with E-state index >= 15 is 0 Å². The lowest BCUT2D eigenvalue weighted by Gasteiger charge is -2.12. The summed E-state index contributed by atoms with van der Waals surface area (Å²) in [6.45, 7) is 0.165. The number of benzene rings is 2. The highest BCUT2D eigenvalue weighted by molar-refractivity contribution is 7.89. The third-order valence-corrected chi connectivity index (χ3v) is 5.78. The lowest BCUT2D eigenvalue weighted by Crippen LogP contribution is -2.26. The number of sulfonamides is 1. The van der Waals surface area contributed by atoms with Crippen molar-refractivity contribution in [1.29, 1.82) is 0 Å². The van der Waals surface area contributed by atoms with E-state index in [4.69, 9.17) is 9.47 Å². The molecule has 29 heavy (non-hydrogen) atoms. The Bertz CT molecular complexity index is 1050. The van der Waals surface area contributed by atoms with Crippen LogP contribution in [0.3, 0.4) is 0 Å². The first-order chi connectivity index (χ1) is 13.8. The molecule has 9 nitrogen and oxygen atoms in total. The molecule has 0 aromatic heterocycles. The van der Waals surface area contributed by atoms with Gasteiger partial charge in [-0.1, -0.05) is 6.07 Å². The largest absolute Gasteiger partial charge is 0.493 e. The van der Waals surface area contributed by atoms with Crippen LogP contribution in [0.15, 0.2) is 41.3 Å². The van der Waals surface area contributed by atoms with E-state index in [-0.39, 0.29) is 23.5 Å². The summed E-state index contributed by atoms with van der Waals surface area (Å²) < 4.78 is 38.2. The molecule has 0 unspecified atom stereocenters. The molecule has 0 aliphatic carbocycles. The number of carbonyl (C=O) groups is 2. The van der Waals surface area contributed by atoms with E-state index in [0.29, 0.717) is 23.6 Å². The zero-order valence-corrected chi connectivity index (χ0v) is 16.8. The maximum atomic E-state index is 12.6. The van der Waals surface area contributed by atoms with Gasteiger partial charge in [-0.25, -0.2) is 13.1 Å². The van der Waals surface area contributed by atoms with Gasteiger partial charge in [0.15, 0.2) is 11.5 Å². The molecular weight excluding hydrogens is 398 g/mol. The third-order valence-electron chi connectivity index (χ3n) is 4.32. The molecule has 10 heteroatoms. The van der Waals surface area contributed by atoms with Crippen molar-refractivity contribution in [1.82, 2.24) is 4.72 Å². The minimum Gasteiger partial charge on any atom is -0.493 e. The quantitative estimate of drug-likeness (QED) is 0.585. The van der Waals surface area contributed by atoms with Crippen LogP contribution in [-0.4, -0.2) is 41.0 Å². The van der Waals surface area contributed by atoms with E-state index in [2.05, 4.69) is 15.4 Å². The van der Waals surface area contributed by atoms with Gasteiger partial charge in [0.2, 0.25) is 21.8 Å². The molecule has 1 heterocycles. The van der Waals surface area contributed by atoms with Gasteiger partial charge in [-0.15, -0.1) is 0 Å². The fourth-order valence-electron chi connectivity index (χ4n) is 2.89. The van der Waals surface area contributed by atoms with Crippen molar-refractivity contribution in [2.45, 2.75) is 17.7 Å². The van der Waals surface area contributed by atoms with Crippen molar-refractivity contribution in [3.63, 3.8) is 0 Å². The molecule has 0 spiro atoms. The molecular formula is C19H21N3O6S. The molecule has 154 valence electrons. The van der Waals surface area contributed by atoms with Gasteiger partial charge in [-0.3, -0.25) is 9.59 Å². The Kier molecular flexibility index (Phi) is 6.04. The van der Waals surface area contributed by atoms with Gasteiger partial charge in [0, 0.05) is 6.54 Å². The van der Waals surface area contributed by atoms with E-state index in [1.807, 2.05) is 6.07 Å². The van der Waals surface area contributed by atoms with Crippen LogP contribution < -0.4 is 24.8 Å². The van der Waals surface area contributed by atoms with Crippen LogP contribution in [0.5, 0.6) is 11.5 Å². The minimum absolute atomic E-state index is 0.0139. The monoisotopic (exact) mass is 419 g/mol. The third kappa shape index (κ3) is 4.84. The number of amides is 2. The summed E-state index contributed by atoms with van der Waals surface area (Å²) in [7, 11) is -0.732. The number of hydrogen-bond donors (Lipinski definition) is 3. The van der Waals surface area contributed by atoms with Crippen molar-refractivity contribution in [3.8, 4) is 11.5 Å². The highest BCUT2D eigenvalue weighted by Crippen LogP contribution is 2.29. The smallest absolute Gasteiger partial charge is 0.240 e. The molecule has 0 fully saturated rings. The molecule has 1 aliphatic rings. The second-order valence-corrected chi connectivity index (χ2v) is 8.08. The summed E-state index contributed by atoms with van der Waals surface area (Å²) in [6, 6.07) is 9.50. The van der Waals surface area contributed by atoms with E-state index in [0.717, 1.165) is 5.56 Å². The molecule has 2 aromatic rings. The van der Waals surface area contributed by atoms with E-state index < -0.39 is 21.8 Å². The van der Waals surface area contributed by atoms with Gasteiger partial charge in [0.25, 0.3) is 0 Å². The Labute approximate surface area is 168 Å². The first-order valence-corrected chi connectivity index (χ1v) is 10.2. The molecule has 2 aromatic carbocycles.